The van der Waals surface area contributed by atoms with Crippen molar-refractivity contribution in [2.24, 2.45) is 13.0 Å². The summed E-state index contributed by atoms with van der Waals surface area (Å²) in [6, 6.07) is 4.12. The van der Waals surface area contributed by atoms with Crippen LogP contribution in [0.3, 0.4) is 0 Å². The number of hydrogen-bond donors (Lipinski definition) is 2. The number of carboxylic acid groups (broad SMARTS) is 1. The van der Waals surface area contributed by atoms with E-state index in [4.69, 9.17) is 14.2 Å². The van der Waals surface area contributed by atoms with E-state index in [1.807, 2.05) is 26.1 Å². The molecule has 2 atom stereocenters. The molecule has 2 aliphatic carbocycles. The van der Waals surface area contributed by atoms with E-state index in [1.54, 1.807) is 4.68 Å². The molecular weight excluding hydrogens is 450 g/mol. The highest BCUT2D eigenvalue weighted by atomic mass is 16.5. The summed E-state index contributed by atoms with van der Waals surface area (Å²) in [4.78, 5) is 20.6. The lowest BCUT2D eigenvalue weighted by molar-refractivity contribution is -0.143. The van der Waals surface area contributed by atoms with Crippen molar-refractivity contribution in [1.82, 2.24) is 30.1 Å². The number of pyridine rings is 1. The SMILES string of the molecule is Cc1nc(-c2nnn(C)c2CNc2nc(C3CCCC3)no2)ccc1O[C@H]1CCC[C@H](C(=O)O)C1. The predicted molar refractivity (Wildman–Crippen MR) is 126 cm³/mol. The van der Waals surface area contributed by atoms with Crippen molar-refractivity contribution in [3.8, 4) is 17.1 Å². The first-order valence-corrected chi connectivity index (χ1v) is 12.3. The van der Waals surface area contributed by atoms with Gasteiger partial charge in [-0.2, -0.15) is 4.98 Å². The monoisotopic (exact) mass is 481 g/mol. The molecule has 2 fully saturated rings. The van der Waals surface area contributed by atoms with Crippen LogP contribution in [-0.4, -0.2) is 47.3 Å². The van der Waals surface area contributed by atoms with E-state index < -0.39 is 5.97 Å². The van der Waals surface area contributed by atoms with E-state index in [0.29, 0.717) is 48.5 Å². The molecule has 0 amide bonds. The number of aromatic nitrogens is 6. The highest BCUT2D eigenvalue weighted by molar-refractivity contribution is 5.70. The van der Waals surface area contributed by atoms with Crippen LogP contribution in [-0.2, 0) is 18.4 Å². The van der Waals surface area contributed by atoms with E-state index in [2.05, 4.69) is 25.8 Å². The number of aliphatic carboxylic acids is 1. The van der Waals surface area contributed by atoms with Crippen molar-refractivity contribution >= 4 is 12.0 Å². The quantitative estimate of drug-likeness (QED) is 0.487. The minimum Gasteiger partial charge on any atom is -0.489 e. The Morgan fingerprint density at radius 2 is 2.03 bits per heavy atom. The van der Waals surface area contributed by atoms with Gasteiger partial charge in [-0.05, 0) is 57.6 Å². The second-order valence-electron chi connectivity index (χ2n) is 9.52. The van der Waals surface area contributed by atoms with Crippen LogP contribution in [0.1, 0.15) is 74.5 Å². The smallest absolute Gasteiger partial charge is 0.321 e. The van der Waals surface area contributed by atoms with Crippen molar-refractivity contribution in [2.75, 3.05) is 5.32 Å². The number of nitrogens with zero attached hydrogens (tertiary/aromatic N) is 6. The summed E-state index contributed by atoms with van der Waals surface area (Å²) in [5.41, 5.74) is 2.91. The molecule has 0 bridgehead atoms. The van der Waals surface area contributed by atoms with Gasteiger partial charge in [-0.3, -0.25) is 4.79 Å². The summed E-state index contributed by atoms with van der Waals surface area (Å²) in [5.74, 6) is 0.735. The van der Waals surface area contributed by atoms with Crippen molar-refractivity contribution in [2.45, 2.75) is 76.9 Å². The zero-order valence-electron chi connectivity index (χ0n) is 20.1. The Labute approximate surface area is 203 Å². The lowest BCUT2D eigenvalue weighted by Crippen LogP contribution is -2.29. The van der Waals surface area contributed by atoms with Gasteiger partial charge in [0.05, 0.1) is 35.6 Å². The zero-order valence-corrected chi connectivity index (χ0v) is 20.1. The number of aryl methyl sites for hydroxylation is 2. The van der Waals surface area contributed by atoms with Crippen molar-refractivity contribution < 1.29 is 19.2 Å². The summed E-state index contributed by atoms with van der Waals surface area (Å²) in [6.07, 6.45) is 7.47. The van der Waals surface area contributed by atoms with Crippen LogP contribution in [0.25, 0.3) is 11.4 Å². The van der Waals surface area contributed by atoms with Crippen LogP contribution in [0.15, 0.2) is 16.7 Å². The fraction of sp³-hybridized carbons (Fsp3) is 0.583. The maximum Gasteiger partial charge on any atom is 0.321 e. The molecule has 11 nitrogen and oxygen atoms in total. The maximum absolute atomic E-state index is 11.4. The maximum atomic E-state index is 11.4. The molecule has 0 spiro atoms. The van der Waals surface area contributed by atoms with Crippen LogP contribution >= 0.6 is 0 Å². The van der Waals surface area contributed by atoms with E-state index in [0.717, 1.165) is 42.9 Å². The Balaban J connectivity index is 1.26. The lowest BCUT2D eigenvalue weighted by Gasteiger charge is -2.27. The summed E-state index contributed by atoms with van der Waals surface area (Å²) in [7, 11) is 1.83. The van der Waals surface area contributed by atoms with Gasteiger partial charge in [0.1, 0.15) is 11.4 Å². The average molecular weight is 482 g/mol. The molecule has 5 rings (SSSR count). The first kappa shape index (κ1) is 23.3. The topological polar surface area (TPSA) is 141 Å². The van der Waals surface area contributed by atoms with Crippen LogP contribution in [0.5, 0.6) is 5.75 Å². The summed E-state index contributed by atoms with van der Waals surface area (Å²) in [5, 5.41) is 25.2. The van der Waals surface area contributed by atoms with Gasteiger partial charge in [-0.25, -0.2) is 9.67 Å². The van der Waals surface area contributed by atoms with Crippen LogP contribution < -0.4 is 10.1 Å². The molecule has 0 aromatic carbocycles. The summed E-state index contributed by atoms with van der Waals surface area (Å²) in [6.45, 7) is 2.29. The molecular formula is C24H31N7O4. The molecule has 0 unspecified atom stereocenters. The van der Waals surface area contributed by atoms with Crippen LogP contribution in [0, 0.1) is 12.8 Å². The third-order valence-corrected chi connectivity index (χ3v) is 7.06. The van der Waals surface area contributed by atoms with Crippen LogP contribution in [0.2, 0.25) is 0 Å². The molecule has 2 saturated carbocycles. The number of anilines is 1. The summed E-state index contributed by atoms with van der Waals surface area (Å²) >= 11 is 0. The van der Waals surface area contributed by atoms with Crippen molar-refractivity contribution in [3.05, 3.63) is 29.3 Å². The number of carboxylic acids is 1. The molecule has 35 heavy (non-hydrogen) atoms. The highest BCUT2D eigenvalue weighted by Crippen LogP contribution is 2.33. The third kappa shape index (κ3) is 5.13. The molecule has 3 heterocycles. The van der Waals surface area contributed by atoms with Crippen LogP contribution in [0.4, 0.5) is 6.01 Å². The van der Waals surface area contributed by atoms with E-state index in [1.165, 1.54) is 12.8 Å². The molecule has 186 valence electrons. The van der Waals surface area contributed by atoms with Crippen molar-refractivity contribution in [1.29, 1.82) is 0 Å². The van der Waals surface area contributed by atoms with Gasteiger partial charge in [-0.15, -0.1) is 5.10 Å². The Bertz CT molecular complexity index is 1180. The number of nitrogens with one attached hydrogen (secondary N) is 1. The third-order valence-electron chi connectivity index (χ3n) is 7.06. The van der Waals surface area contributed by atoms with E-state index in [-0.39, 0.29) is 12.0 Å². The number of carbonyl (C=O) groups is 1. The predicted octanol–water partition coefficient (Wildman–Crippen LogP) is 3.86. The average Bonchev–Trinajstić information content (AvgIpc) is 3.60. The molecule has 2 N–H and O–H groups in total. The minimum atomic E-state index is -0.748. The molecule has 0 radical (unpaired) electrons. The Hall–Kier alpha value is -3.50. The normalized spacial score (nSPS) is 20.7. The molecule has 0 saturated heterocycles. The Kier molecular flexibility index (Phi) is 6.65. The number of hydrogen-bond acceptors (Lipinski definition) is 9. The molecule has 0 aliphatic heterocycles. The fourth-order valence-electron chi connectivity index (χ4n) is 5.05. The number of rotatable bonds is 8. The van der Waals surface area contributed by atoms with Gasteiger partial charge in [0, 0.05) is 13.0 Å². The fourth-order valence-corrected chi connectivity index (χ4v) is 5.05. The largest absolute Gasteiger partial charge is 0.489 e. The molecule has 11 heteroatoms. The second kappa shape index (κ2) is 10.0. The van der Waals surface area contributed by atoms with Gasteiger partial charge in [0.15, 0.2) is 5.82 Å². The van der Waals surface area contributed by atoms with Gasteiger partial charge < -0.3 is 19.7 Å². The van der Waals surface area contributed by atoms with Gasteiger partial charge >= 0.3 is 12.0 Å². The zero-order chi connectivity index (χ0) is 24.4. The standard InChI is InChI=1S/C24H31N7O4/c1-14-20(34-17-9-5-8-16(12-17)23(32)33)11-10-18(26-14)21-19(31(2)30-28-21)13-25-24-27-22(29-35-24)15-6-3-4-7-15/h10-11,15-17H,3-9,12-13H2,1-2H3,(H,32,33)(H,25,27,29)/t16-,17-/m0/s1. The first-order valence-electron chi connectivity index (χ1n) is 12.3. The van der Waals surface area contributed by atoms with E-state index >= 15 is 0 Å². The molecule has 2 aliphatic rings. The van der Waals surface area contributed by atoms with Crippen molar-refractivity contribution in [3.63, 3.8) is 0 Å². The Morgan fingerprint density at radius 1 is 1.20 bits per heavy atom. The first-order chi connectivity index (χ1) is 17.0. The minimum absolute atomic E-state index is 0.115. The molecule has 3 aromatic heterocycles. The molecule has 3 aromatic rings. The lowest BCUT2D eigenvalue weighted by atomic mass is 9.87. The summed E-state index contributed by atoms with van der Waals surface area (Å²) < 4.78 is 13.2. The van der Waals surface area contributed by atoms with Gasteiger partial charge in [-0.1, -0.05) is 23.2 Å². The Morgan fingerprint density at radius 3 is 2.80 bits per heavy atom. The highest BCUT2D eigenvalue weighted by Gasteiger charge is 2.29. The van der Waals surface area contributed by atoms with Gasteiger partial charge in [0.25, 0.3) is 0 Å². The van der Waals surface area contributed by atoms with Gasteiger partial charge in [0.2, 0.25) is 0 Å². The van der Waals surface area contributed by atoms with E-state index in [9.17, 15) is 9.90 Å². The second-order valence-corrected chi connectivity index (χ2v) is 9.52. The number of ether oxygens (including phenoxy) is 1.